The van der Waals surface area contributed by atoms with Gasteiger partial charge in [-0.05, 0) is 29.3 Å². The van der Waals surface area contributed by atoms with Crippen LogP contribution in [0.5, 0.6) is 0 Å². The molecule has 2 aliphatic rings. The van der Waals surface area contributed by atoms with Gasteiger partial charge in [-0.1, -0.05) is 18.2 Å². The van der Waals surface area contributed by atoms with Gasteiger partial charge in [-0.3, -0.25) is 24.4 Å². The Hall–Kier alpha value is -2.84. The van der Waals surface area contributed by atoms with Crippen molar-refractivity contribution >= 4 is 11.8 Å². The Morgan fingerprint density at radius 1 is 1.06 bits per heavy atom. The van der Waals surface area contributed by atoms with Gasteiger partial charge in [0.25, 0.3) is 0 Å². The predicted molar refractivity (Wildman–Crippen MR) is 114 cm³/mol. The predicted octanol–water partition coefficient (Wildman–Crippen LogP) is 1.26. The maximum atomic E-state index is 13.6. The number of benzene rings is 1. The highest BCUT2D eigenvalue weighted by atomic mass is 19.1. The monoisotopic (exact) mass is 425 g/mol. The molecule has 2 saturated heterocycles. The van der Waals surface area contributed by atoms with Gasteiger partial charge in [-0.25, -0.2) is 4.39 Å². The number of hydrogen-bond acceptors (Lipinski definition) is 5. The van der Waals surface area contributed by atoms with Crippen molar-refractivity contribution in [3.05, 3.63) is 65.7 Å². The highest BCUT2D eigenvalue weighted by Gasteiger charge is 2.33. The van der Waals surface area contributed by atoms with E-state index in [1.165, 1.54) is 12.1 Å². The lowest BCUT2D eigenvalue weighted by Gasteiger charge is -2.38. The van der Waals surface area contributed by atoms with Gasteiger partial charge in [0, 0.05) is 64.8 Å². The Labute approximate surface area is 181 Å². The van der Waals surface area contributed by atoms with E-state index < -0.39 is 6.04 Å². The van der Waals surface area contributed by atoms with E-state index in [-0.39, 0.29) is 24.1 Å². The number of nitrogens with one attached hydrogen (secondary N) is 1. The summed E-state index contributed by atoms with van der Waals surface area (Å²) in [5.74, 6) is -0.436. The molecule has 0 saturated carbocycles. The molecule has 164 valence electrons. The number of carbonyl (C=O) groups is 2. The molecule has 3 heterocycles. The Kier molecular flexibility index (Phi) is 6.89. The molecule has 1 N–H and O–H groups in total. The summed E-state index contributed by atoms with van der Waals surface area (Å²) in [6.07, 6.45) is 3.77. The zero-order valence-electron chi connectivity index (χ0n) is 17.5. The average Bonchev–Trinajstić information content (AvgIpc) is 2.77. The smallest absolute Gasteiger partial charge is 0.237 e. The van der Waals surface area contributed by atoms with E-state index in [1.54, 1.807) is 12.3 Å². The van der Waals surface area contributed by atoms with Crippen molar-refractivity contribution in [2.24, 2.45) is 0 Å². The van der Waals surface area contributed by atoms with Gasteiger partial charge in [0.15, 0.2) is 0 Å². The minimum Gasteiger partial charge on any atom is -0.353 e. The molecule has 0 aliphatic carbocycles. The number of amides is 2. The molecule has 2 amide bonds. The van der Waals surface area contributed by atoms with Crippen molar-refractivity contribution in [2.75, 3.05) is 39.3 Å². The number of hydrogen-bond donors (Lipinski definition) is 1. The van der Waals surface area contributed by atoms with E-state index >= 15 is 0 Å². The Morgan fingerprint density at radius 2 is 1.87 bits per heavy atom. The lowest BCUT2D eigenvalue weighted by atomic mass is 10.1. The van der Waals surface area contributed by atoms with E-state index in [4.69, 9.17) is 0 Å². The molecular formula is C23H28FN5O2. The summed E-state index contributed by atoms with van der Waals surface area (Å²) in [4.78, 5) is 35.8. The van der Waals surface area contributed by atoms with Crippen LogP contribution in [0.25, 0.3) is 0 Å². The van der Waals surface area contributed by atoms with Crippen molar-refractivity contribution in [3.63, 3.8) is 0 Å². The number of piperazine rings is 2. The first-order valence-electron chi connectivity index (χ1n) is 10.7. The van der Waals surface area contributed by atoms with Crippen molar-refractivity contribution in [1.82, 2.24) is 25.0 Å². The lowest BCUT2D eigenvalue weighted by molar-refractivity contribution is -0.140. The molecule has 2 aromatic rings. The third kappa shape index (κ3) is 5.65. The van der Waals surface area contributed by atoms with Gasteiger partial charge < -0.3 is 10.2 Å². The first-order valence-corrected chi connectivity index (χ1v) is 10.7. The number of rotatable bonds is 6. The molecule has 4 rings (SSSR count). The average molecular weight is 426 g/mol. The van der Waals surface area contributed by atoms with Gasteiger partial charge in [0.2, 0.25) is 11.8 Å². The molecule has 0 bridgehead atoms. The molecule has 2 aliphatic heterocycles. The third-order valence-corrected chi connectivity index (χ3v) is 5.94. The third-order valence-electron chi connectivity index (χ3n) is 5.94. The number of halogens is 1. The van der Waals surface area contributed by atoms with E-state index in [1.807, 2.05) is 28.1 Å². The maximum Gasteiger partial charge on any atom is 0.237 e. The molecule has 1 aromatic carbocycles. The van der Waals surface area contributed by atoms with Crippen LogP contribution in [0.1, 0.15) is 17.5 Å². The second kappa shape index (κ2) is 9.98. The van der Waals surface area contributed by atoms with Crippen LogP contribution in [0.15, 0.2) is 48.8 Å². The largest absolute Gasteiger partial charge is 0.353 e. The van der Waals surface area contributed by atoms with Gasteiger partial charge >= 0.3 is 0 Å². The first kappa shape index (κ1) is 21.4. The summed E-state index contributed by atoms with van der Waals surface area (Å²) in [6, 6.07) is 9.85. The zero-order chi connectivity index (χ0) is 21.6. The second-order valence-electron chi connectivity index (χ2n) is 8.13. The van der Waals surface area contributed by atoms with E-state index in [0.717, 1.165) is 30.8 Å². The maximum absolute atomic E-state index is 13.6. The van der Waals surface area contributed by atoms with E-state index in [2.05, 4.69) is 21.3 Å². The molecule has 0 unspecified atom stereocenters. The van der Waals surface area contributed by atoms with Crippen molar-refractivity contribution in [1.29, 1.82) is 0 Å². The highest BCUT2D eigenvalue weighted by Crippen LogP contribution is 2.17. The van der Waals surface area contributed by atoms with Crippen LogP contribution in [0.2, 0.25) is 0 Å². The summed E-state index contributed by atoms with van der Waals surface area (Å²) in [6.45, 7) is 5.33. The van der Waals surface area contributed by atoms with Crippen molar-refractivity contribution in [2.45, 2.75) is 25.6 Å². The summed E-state index contributed by atoms with van der Waals surface area (Å²) in [5.41, 5.74) is 1.96. The van der Waals surface area contributed by atoms with Crippen LogP contribution in [0.4, 0.5) is 4.39 Å². The normalized spacial score (nSPS) is 20.5. The van der Waals surface area contributed by atoms with Crippen LogP contribution in [0.3, 0.4) is 0 Å². The van der Waals surface area contributed by atoms with Crippen LogP contribution in [0, 0.1) is 5.82 Å². The van der Waals surface area contributed by atoms with Gasteiger partial charge in [0.1, 0.15) is 5.82 Å². The molecule has 1 aromatic heterocycles. The van der Waals surface area contributed by atoms with Crippen LogP contribution in [-0.2, 0) is 22.7 Å². The zero-order valence-corrected chi connectivity index (χ0v) is 17.5. The topological polar surface area (TPSA) is 68.8 Å². The van der Waals surface area contributed by atoms with Gasteiger partial charge in [0.05, 0.1) is 12.5 Å². The molecule has 7 nitrogen and oxygen atoms in total. The fourth-order valence-electron chi connectivity index (χ4n) is 4.24. The van der Waals surface area contributed by atoms with Crippen LogP contribution >= 0.6 is 0 Å². The Bertz CT molecular complexity index is 902. The standard InChI is InChI=1S/C23H28FN5O2/c24-20-5-1-3-18(13-20)17-29-8-7-26-23(31)21(29)14-22(30)28-11-9-27(10-12-28)16-19-4-2-6-25-15-19/h1-6,13,15,21H,7-12,14,16-17H2,(H,26,31)/t21-/m0/s1. The summed E-state index contributed by atoms with van der Waals surface area (Å²) >= 11 is 0. The SMILES string of the molecule is O=C1NCCN(Cc2cccc(F)c2)[C@H]1CC(=O)N1CCN(Cc2cccnc2)CC1. The van der Waals surface area contributed by atoms with Crippen molar-refractivity contribution in [3.8, 4) is 0 Å². The number of aromatic nitrogens is 1. The minimum absolute atomic E-state index is 0.00711. The van der Waals surface area contributed by atoms with Crippen LogP contribution < -0.4 is 5.32 Å². The number of nitrogens with zero attached hydrogens (tertiary/aromatic N) is 4. The summed E-state index contributed by atoms with van der Waals surface area (Å²) in [5, 5.41) is 2.86. The van der Waals surface area contributed by atoms with E-state index in [9.17, 15) is 14.0 Å². The second-order valence-corrected chi connectivity index (χ2v) is 8.13. The Morgan fingerprint density at radius 3 is 2.61 bits per heavy atom. The molecular weight excluding hydrogens is 397 g/mol. The summed E-state index contributed by atoms with van der Waals surface area (Å²) < 4.78 is 13.6. The van der Waals surface area contributed by atoms with Gasteiger partial charge in [-0.2, -0.15) is 0 Å². The molecule has 1 atom stereocenters. The van der Waals surface area contributed by atoms with Crippen LogP contribution in [-0.4, -0.2) is 76.8 Å². The fourth-order valence-corrected chi connectivity index (χ4v) is 4.24. The van der Waals surface area contributed by atoms with E-state index in [0.29, 0.717) is 32.7 Å². The quantitative estimate of drug-likeness (QED) is 0.755. The molecule has 0 radical (unpaired) electrons. The first-order chi connectivity index (χ1) is 15.1. The molecule has 0 spiro atoms. The Balaban J connectivity index is 1.32. The minimum atomic E-state index is -0.530. The molecule has 8 heteroatoms. The number of carbonyl (C=O) groups excluding carboxylic acids is 2. The fraction of sp³-hybridized carbons (Fsp3) is 0.435. The molecule has 31 heavy (non-hydrogen) atoms. The van der Waals surface area contributed by atoms with Crippen molar-refractivity contribution < 1.29 is 14.0 Å². The lowest BCUT2D eigenvalue weighted by Crippen LogP contribution is -2.57. The highest BCUT2D eigenvalue weighted by molar-refractivity contribution is 5.88. The van der Waals surface area contributed by atoms with Gasteiger partial charge in [-0.15, -0.1) is 0 Å². The number of pyridine rings is 1. The molecule has 2 fully saturated rings. The summed E-state index contributed by atoms with van der Waals surface area (Å²) in [7, 11) is 0.